The summed E-state index contributed by atoms with van der Waals surface area (Å²) < 4.78 is 0. The summed E-state index contributed by atoms with van der Waals surface area (Å²) in [5.41, 5.74) is 1.30. The van der Waals surface area contributed by atoms with Crippen LogP contribution in [0.5, 0.6) is 0 Å². The number of hydrogen-bond acceptors (Lipinski definition) is 1. The molecule has 1 heteroatoms. The first-order valence-electron chi connectivity index (χ1n) is 5.20. The van der Waals surface area contributed by atoms with Crippen LogP contribution in [0.3, 0.4) is 0 Å². The van der Waals surface area contributed by atoms with E-state index in [1.165, 1.54) is 22.9 Å². The molecule has 3 rings (SSSR count). The van der Waals surface area contributed by atoms with Crippen LogP contribution in [0, 0.1) is 5.92 Å². The lowest BCUT2D eigenvalue weighted by molar-refractivity contribution is 0.894. The number of aromatic nitrogens is 1. The Labute approximate surface area is 83.8 Å². The van der Waals surface area contributed by atoms with Gasteiger partial charge in [-0.3, -0.25) is 4.98 Å². The maximum atomic E-state index is 4.52. The van der Waals surface area contributed by atoms with Crippen molar-refractivity contribution >= 4 is 10.8 Å². The van der Waals surface area contributed by atoms with Crippen molar-refractivity contribution in [1.82, 2.24) is 4.98 Å². The first-order chi connectivity index (χ1) is 6.86. The van der Waals surface area contributed by atoms with Gasteiger partial charge in [0.05, 0.1) is 5.69 Å². The van der Waals surface area contributed by atoms with Gasteiger partial charge in [-0.15, -0.1) is 0 Å². The summed E-state index contributed by atoms with van der Waals surface area (Å²) in [5, 5.41) is 2.65. The van der Waals surface area contributed by atoms with Gasteiger partial charge in [0.2, 0.25) is 0 Å². The largest absolute Gasteiger partial charge is 0.260 e. The Hall–Kier alpha value is -1.37. The van der Waals surface area contributed by atoms with Crippen molar-refractivity contribution in [1.29, 1.82) is 0 Å². The third-order valence-electron chi connectivity index (χ3n) is 3.17. The molecular formula is C13H13N. The molecule has 0 amide bonds. The van der Waals surface area contributed by atoms with Gasteiger partial charge >= 0.3 is 0 Å². The van der Waals surface area contributed by atoms with Gasteiger partial charge in [-0.2, -0.15) is 0 Å². The lowest BCUT2D eigenvalue weighted by Gasteiger charge is -2.03. The van der Waals surface area contributed by atoms with Crippen LogP contribution in [0.15, 0.2) is 36.5 Å². The molecule has 1 saturated carbocycles. The number of benzene rings is 1. The topological polar surface area (TPSA) is 12.9 Å². The lowest BCUT2D eigenvalue weighted by atomic mass is 10.1. The second-order valence-electron chi connectivity index (χ2n) is 4.24. The monoisotopic (exact) mass is 183 g/mol. The highest BCUT2D eigenvalue weighted by atomic mass is 14.7. The Morgan fingerprint density at radius 3 is 2.79 bits per heavy atom. The average molecular weight is 183 g/mol. The van der Waals surface area contributed by atoms with Gasteiger partial charge < -0.3 is 0 Å². The molecule has 0 radical (unpaired) electrons. The molecule has 70 valence electrons. The average Bonchev–Trinajstić information content (AvgIpc) is 2.95. The van der Waals surface area contributed by atoms with Crippen molar-refractivity contribution in [3.05, 3.63) is 42.2 Å². The van der Waals surface area contributed by atoms with Gasteiger partial charge in [-0.1, -0.05) is 31.2 Å². The van der Waals surface area contributed by atoms with E-state index in [1.807, 2.05) is 6.20 Å². The Morgan fingerprint density at radius 1 is 1.21 bits per heavy atom. The molecule has 0 spiro atoms. The fourth-order valence-corrected chi connectivity index (χ4v) is 2.14. The summed E-state index contributed by atoms with van der Waals surface area (Å²) in [6, 6.07) is 10.6. The van der Waals surface area contributed by atoms with E-state index in [-0.39, 0.29) is 0 Å². The number of hydrogen-bond donors (Lipinski definition) is 0. The van der Waals surface area contributed by atoms with Gasteiger partial charge in [0.1, 0.15) is 0 Å². The molecule has 14 heavy (non-hydrogen) atoms. The maximum Gasteiger partial charge on any atom is 0.0515 e. The number of rotatable bonds is 1. The molecule has 2 unspecified atom stereocenters. The predicted octanol–water partition coefficient (Wildman–Crippen LogP) is 3.36. The summed E-state index contributed by atoms with van der Waals surface area (Å²) in [6.45, 7) is 2.30. The van der Waals surface area contributed by atoms with E-state index in [2.05, 4.69) is 42.2 Å². The van der Waals surface area contributed by atoms with Crippen molar-refractivity contribution in [2.45, 2.75) is 19.3 Å². The molecule has 0 aliphatic heterocycles. The smallest absolute Gasteiger partial charge is 0.0515 e. The van der Waals surface area contributed by atoms with Crippen LogP contribution in [0.4, 0.5) is 0 Å². The van der Waals surface area contributed by atoms with Crippen molar-refractivity contribution < 1.29 is 0 Å². The van der Waals surface area contributed by atoms with Crippen LogP contribution in [0.2, 0.25) is 0 Å². The second-order valence-corrected chi connectivity index (χ2v) is 4.24. The zero-order valence-corrected chi connectivity index (χ0v) is 8.27. The van der Waals surface area contributed by atoms with Crippen LogP contribution in [0.1, 0.15) is 25.0 Å². The molecular weight excluding hydrogens is 170 g/mol. The highest BCUT2D eigenvalue weighted by Crippen LogP contribution is 2.47. The highest BCUT2D eigenvalue weighted by molar-refractivity contribution is 5.85. The second kappa shape index (κ2) is 2.81. The molecule has 1 aromatic carbocycles. The third kappa shape index (κ3) is 1.12. The van der Waals surface area contributed by atoms with Gasteiger partial charge in [0.25, 0.3) is 0 Å². The Morgan fingerprint density at radius 2 is 2.00 bits per heavy atom. The van der Waals surface area contributed by atoms with Crippen LogP contribution >= 0.6 is 0 Å². The van der Waals surface area contributed by atoms with Crippen molar-refractivity contribution in [2.75, 3.05) is 0 Å². The minimum atomic E-state index is 0.709. The van der Waals surface area contributed by atoms with Gasteiger partial charge in [-0.05, 0) is 23.8 Å². The van der Waals surface area contributed by atoms with Gasteiger partial charge in [0, 0.05) is 17.5 Å². The Kier molecular flexibility index (Phi) is 1.60. The van der Waals surface area contributed by atoms with Gasteiger partial charge in [-0.25, -0.2) is 0 Å². The standard InChI is InChI=1S/C13H13N/c1-9-8-12(9)13-11-5-3-2-4-10(11)6-7-14-13/h2-7,9,12H,8H2,1H3. The molecule has 1 aliphatic carbocycles. The summed E-state index contributed by atoms with van der Waals surface area (Å²) >= 11 is 0. The zero-order chi connectivity index (χ0) is 9.54. The zero-order valence-electron chi connectivity index (χ0n) is 8.27. The third-order valence-corrected chi connectivity index (χ3v) is 3.17. The van der Waals surface area contributed by atoms with E-state index in [4.69, 9.17) is 0 Å². The number of fused-ring (bicyclic) bond motifs is 1. The number of pyridine rings is 1. The summed E-state index contributed by atoms with van der Waals surface area (Å²) in [6.07, 6.45) is 3.24. The first kappa shape index (κ1) is 7.98. The van der Waals surface area contributed by atoms with E-state index in [0.717, 1.165) is 5.92 Å². The maximum absolute atomic E-state index is 4.52. The van der Waals surface area contributed by atoms with E-state index in [1.54, 1.807) is 0 Å². The fourth-order valence-electron chi connectivity index (χ4n) is 2.14. The quantitative estimate of drug-likeness (QED) is 0.660. The molecule has 1 aromatic heterocycles. The van der Waals surface area contributed by atoms with Gasteiger partial charge in [0.15, 0.2) is 0 Å². The molecule has 0 saturated heterocycles. The summed E-state index contributed by atoms with van der Waals surface area (Å²) in [4.78, 5) is 4.52. The number of nitrogens with zero attached hydrogens (tertiary/aromatic N) is 1. The normalized spacial score (nSPS) is 25.2. The van der Waals surface area contributed by atoms with E-state index in [0.29, 0.717) is 5.92 Å². The molecule has 1 heterocycles. The molecule has 1 nitrogen and oxygen atoms in total. The van der Waals surface area contributed by atoms with E-state index < -0.39 is 0 Å². The minimum Gasteiger partial charge on any atom is -0.260 e. The fraction of sp³-hybridized carbons (Fsp3) is 0.308. The lowest BCUT2D eigenvalue weighted by Crippen LogP contribution is -1.88. The predicted molar refractivity (Wildman–Crippen MR) is 58.3 cm³/mol. The van der Waals surface area contributed by atoms with Crippen molar-refractivity contribution in [2.24, 2.45) is 5.92 Å². The van der Waals surface area contributed by atoms with Crippen molar-refractivity contribution in [3.63, 3.8) is 0 Å². The Balaban J connectivity index is 2.23. The van der Waals surface area contributed by atoms with Crippen LogP contribution < -0.4 is 0 Å². The molecule has 0 N–H and O–H groups in total. The highest BCUT2D eigenvalue weighted by Gasteiger charge is 2.36. The first-order valence-corrected chi connectivity index (χ1v) is 5.20. The van der Waals surface area contributed by atoms with E-state index >= 15 is 0 Å². The summed E-state index contributed by atoms with van der Waals surface area (Å²) in [7, 11) is 0. The summed E-state index contributed by atoms with van der Waals surface area (Å²) in [5.74, 6) is 1.54. The molecule has 0 bridgehead atoms. The van der Waals surface area contributed by atoms with Crippen LogP contribution in [-0.4, -0.2) is 4.98 Å². The Bertz CT molecular complexity index is 470. The molecule has 1 fully saturated rings. The SMILES string of the molecule is CC1CC1c1nccc2ccccc12. The molecule has 2 aromatic rings. The van der Waals surface area contributed by atoms with Crippen molar-refractivity contribution in [3.8, 4) is 0 Å². The van der Waals surface area contributed by atoms with E-state index in [9.17, 15) is 0 Å². The van der Waals surface area contributed by atoms with Crippen LogP contribution in [0.25, 0.3) is 10.8 Å². The van der Waals surface area contributed by atoms with Crippen LogP contribution in [-0.2, 0) is 0 Å². The molecule has 2 atom stereocenters. The molecule has 1 aliphatic rings. The minimum absolute atomic E-state index is 0.709.